The molecule has 0 bridgehead atoms. The Labute approximate surface area is 153 Å². The Morgan fingerprint density at radius 1 is 1.12 bits per heavy atom. The first-order valence-electron chi connectivity index (χ1n) is 9.70. The zero-order valence-electron chi connectivity index (χ0n) is 15.0. The fraction of sp³-hybridized carbons (Fsp3) is 0.524. The summed E-state index contributed by atoms with van der Waals surface area (Å²) in [6.07, 6.45) is 10.1. The topological polar surface area (TPSA) is 49.4 Å². The molecule has 1 aromatic rings. The van der Waals surface area contributed by atoms with Gasteiger partial charge < -0.3 is 10.2 Å². The molecule has 4 rings (SSSR count). The number of amides is 2. The molecule has 1 aromatic carbocycles. The molecule has 1 atom stereocenters. The molecule has 0 spiro atoms. The maximum atomic E-state index is 13.3. The van der Waals surface area contributed by atoms with Gasteiger partial charge in [0, 0.05) is 23.8 Å². The summed E-state index contributed by atoms with van der Waals surface area (Å²) in [5.41, 5.74) is 0.884. The number of anilines is 1. The number of piperidine rings is 1. The smallest absolute Gasteiger partial charge is 0.236 e. The Morgan fingerprint density at radius 2 is 1.85 bits per heavy atom. The van der Waals surface area contributed by atoms with Crippen LogP contribution in [-0.4, -0.2) is 22.8 Å². The van der Waals surface area contributed by atoms with E-state index >= 15 is 0 Å². The minimum Gasteiger partial charge on any atom is -0.325 e. The number of allylic oxidation sites excluding steroid dienone is 1. The normalized spacial score (nSPS) is 26.4. The molecule has 26 heavy (non-hydrogen) atoms. The number of carbonyl (C=O) groups excluding carboxylic acids is 2. The van der Waals surface area contributed by atoms with E-state index in [4.69, 9.17) is 0 Å². The molecule has 1 saturated carbocycles. The Hall–Kier alpha value is -2.17. The molecule has 1 heterocycles. The van der Waals surface area contributed by atoms with E-state index in [1.54, 1.807) is 12.1 Å². The van der Waals surface area contributed by atoms with Gasteiger partial charge in [0.2, 0.25) is 11.8 Å². The molecule has 0 aromatic heterocycles. The molecule has 1 N–H and O–H groups in total. The SMILES string of the molecule is O=C1CCC2(C(=O)Nc3ccc(F)cc3)CCCC=C2N1C1CCCC1. The van der Waals surface area contributed by atoms with Gasteiger partial charge in [-0.2, -0.15) is 0 Å². The number of hydrogen-bond acceptors (Lipinski definition) is 2. The summed E-state index contributed by atoms with van der Waals surface area (Å²) in [4.78, 5) is 28.0. The standard InChI is InChI=1S/C21H25FN2O2/c22-15-8-10-16(11-9-15)23-20(26)21-13-4-3-7-18(21)24(19(25)12-14-21)17-5-1-2-6-17/h7-11,17H,1-6,12-14H2,(H,23,26). The number of halogens is 1. The highest BCUT2D eigenvalue weighted by atomic mass is 19.1. The van der Waals surface area contributed by atoms with Crippen molar-refractivity contribution in [3.63, 3.8) is 0 Å². The van der Waals surface area contributed by atoms with Crippen molar-refractivity contribution in [3.8, 4) is 0 Å². The summed E-state index contributed by atoms with van der Waals surface area (Å²) in [6, 6.07) is 6.10. The summed E-state index contributed by atoms with van der Waals surface area (Å²) in [5, 5.41) is 2.97. The van der Waals surface area contributed by atoms with Gasteiger partial charge >= 0.3 is 0 Å². The molecule has 2 aliphatic carbocycles. The van der Waals surface area contributed by atoms with Crippen molar-refractivity contribution in [3.05, 3.63) is 41.9 Å². The van der Waals surface area contributed by atoms with Crippen LogP contribution in [0.5, 0.6) is 0 Å². The van der Waals surface area contributed by atoms with Gasteiger partial charge in [0.1, 0.15) is 5.82 Å². The van der Waals surface area contributed by atoms with Gasteiger partial charge in [-0.25, -0.2) is 4.39 Å². The molecular weight excluding hydrogens is 331 g/mol. The van der Waals surface area contributed by atoms with Gasteiger partial charge in [0.15, 0.2) is 0 Å². The van der Waals surface area contributed by atoms with Crippen LogP contribution < -0.4 is 5.32 Å². The van der Waals surface area contributed by atoms with Gasteiger partial charge in [0.05, 0.1) is 5.41 Å². The predicted molar refractivity (Wildman–Crippen MR) is 97.7 cm³/mol. The van der Waals surface area contributed by atoms with Gasteiger partial charge in [0.25, 0.3) is 0 Å². The third-order valence-corrected chi connectivity index (χ3v) is 6.16. The van der Waals surface area contributed by atoms with E-state index in [2.05, 4.69) is 11.4 Å². The van der Waals surface area contributed by atoms with Crippen LogP contribution in [0, 0.1) is 11.2 Å². The summed E-state index contributed by atoms with van der Waals surface area (Å²) < 4.78 is 13.1. The minimum absolute atomic E-state index is 0.0643. The molecule has 3 aliphatic rings. The van der Waals surface area contributed by atoms with E-state index < -0.39 is 5.41 Å². The number of carbonyl (C=O) groups is 2. The number of fused-ring (bicyclic) bond motifs is 1. The average molecular weight is 356 g/mol. The van der Waals surface area contributed by atoms with Crippen molar-refractivity contribution in [2.45, 2.75) is 63.8 Å². The molecule has 4 nitrogen and oxygen atoms in total. The zero-order chi connectivity index (χ0) is 18.1. The number of hydrogen-bond donors (Lipinski definition) is 1. The van der Waals surface area contributed by atoms with Crippen LogP contribution in [0.1, 0.15) is 57.8 Å². The second kappa shape index (κ2) is 6.86. The second-order valence-electron chi connectivity index (χ2n) is 7.73. The molecule has 1 saturated heterocycles. The van der Waals surface area contributed by atoms with E-state index in [9.17, 15) is 14.0 Å². The van der Waals surface area contributed by atoms with Crippen LogP contribution in [0.3, 0.4) is 0 Å². The molecule has 2 amide bonds. The second-order valence-corrected chi connectivity index (χ2v) is 7.73. The van der Waals surface area contributed by atoms with E-state index in [1.807, 2.05) is 4.90 Å². The minimum atomic E-state index is -0.636. The molecule has 138 valence electrons. The Kier molecular flexibility index (Phi) is 4.55. The van der Waals surface area contributed by atoms with Crippen molar-refractivity contribution in [2.24, 2.45) is 5.41 Å². The van der Waals surface area contributed by atoms with Crippen LogP contribution in [0.2, 0.25) is 0 Å². The van der Waals surface area contributed by atoms with Gasteiger partial charge in [-0.05, 0) is 62.8 Å². The van der Waals surface area contributed by atoms with Crippen LogP contribution >= 0.6 is 0 Å². The lowest BCUT2D eigenvalue weighted by Crippen LogP contribution is -2.53. The van der Waals surface area contributed by atoms with E-state index in [0.717, 1.165) is 50.6 Å². The fourth-order valence-corrected chi connectivity index (χ4v) is 4.81. The first kappa shape index (κ1) is 17.3. The average Bonchev–Trinajstić information content (AvgIpc) is 3.17. The third kappa shape index (κ3) is 2.93. The number of rotatable bonds is 3. The first-order chi connectivity index (χ1) is 12.6. The Morgan fingerprint density at radius 3 is 2.58 bits per heavy atom. The lowest BCUT2D eigenvalue weighted by atomic mass is 9.68. The summed E-state index contributed by atoms with van der Waals surface area (Å²) in [5.74, 6) is -0.226. The highest BCUT2D eigenvalue weighted by Gasteiger charge is 2.51. The maximum absolute atomic E-state index is 13.3. The largest absolute Gasteiger partial charge is 0.325 e. The van der Waals surface area contributed by atoms with Crippen LogP contribution in [-0.2, 0) is 9.59 Å². The summed E-state index contributed by atoms with van der Waals surface area (Å²) >= 11 is 0. The van der Waals surface area contributed by atoms with E-state index in [0.29, 0.717) is 18.5 Å². The van der Waals surface area contributed by atoms with Crippen molar-refractivity contribution in [2.75, 3.05) is 5.32 Å². The quantitative estimate of drug-likeness (QED) is 0.873. The number of benzene rings is 1. The molecule has 5 heteroatoms. The maximum Gasteiger partial charge on any atom is 0.236 e. The van der Waals surface area contributed by atoms with E-state index in [1.165, 1.54) is 12.1 Å². The molecule has 1 aliphatic heterocycles. The van der Waals surface area contributed by atoms with Crippen molar-refractivity contribution in [1.29, 1.82) is 0 Å². The van der Waals surface area contributed by atoms with Gasteiger partial charge in [-0.15, -0.1) is 0 Å². The first-order valence-corrected chi connectivity index (χ1v) is 9.70. The van der Waals surface area contributed by atoms with Crippen molar-refractivity contribution in [1.82, 2.24) is 4.90 Å². The number of nitrogens with one attached hydrogen (secondary N) is 1. The zero-order valence-corrected chi connectivity index (χ0v) is 15.0. The molecule has 0 radical (unpaired) electrons. The molecular formula is C21H25FN2O2. The molecule has 2 fully saturated rings. The molecule has 1 unspecified atom stereocenters. The Balaban J connectivity index is 1.64. The fourth-order valence-electron chi connectivity index (χ4n) is 4.81. The Bertz CT molecular complexity index is 737. The van der Waals surface area contributed by atoms with Crippen LogP contribution in [0.4, 0.5) is 10.1 Å². The highest BCUT2D eigenvalue weighted by Crippen LogP contribution is 2.49. The van der Waals surface area contributed by atoms with Gasteiger partial charge in [-0.3, -0.25) is 9.59 Å². The number of likely N-dealkylation sites (tertiary alicyclic amines) is 1. The predicted octanol–water partition coefficient (Wildman–Crippen LogP) is 4.38. The third-order valence-electron chi connectivity index (χ3n) is 6.16. The van der Waals surface area contributed by atoms with Gasteiger partial charge in [-0.1, -0.05) is 18.9 Å². The lowest BCUT2D eigenvalue weighted by Gasteiger charge is -2.48. The highest BCUT2D eigenvalue weighted by molar-refractivity contribution is 5.99. The summed E-state index contributed by atoms with van der Waals surface area (Å²) in [6.45, 7) is 0. The summed E-state index contributed by atoms with van der Waals surface area (Å²) in [7, 11) is 0. The monoisotopic (exact) mass is 356 g/mol. The lowest BCUT2D eigenvalue weighted by molar-refractivity contribution is -0.140. The van der Waals surface area contributed by atoms with Crippen LogP contribution in [0.15, 0.2) is 36.0 Å². The van der Waals surface area contributed by atoms with Crippen LogP contribution in [0.25, 0.3) is 0 Å². The number of nitrogens with zero attached hydrogens (tertiary/aromatic N) is 1. The van der Waals surface area contributed by atoms with E-state index in [-0.39, 0.29) is 23.7 Å². The van der Waals surface area contributed by atoms with Crippen molar-refractivity contribution < 1.29 is 14.0 Å². The van der Waals surface area contributed by atoms with Crippen molar-refractivity contribution >= 4 is 17.5 Å².